The minimum Gasteiger partial charge on any atom is -0.478 e. The van der Waals surface area contributed by atoms with Gasteiger partial charge in [0, 0.05) is 15.7 Å². The molecule has 8 heteroatoms. The quantitative estimate of drug-likeness (QED) is 0.133. The number of halogens is 1. The van der Waals surface area contributed by atoms with Crippen LogP contribution < -0.4 is 10.1 Å². The van der Waals surface area contributed by atoms with Crippen molar-refractivity contribution in [1.82, 2.24) is 0 Å². The maximum absolute atomic E-state index is 13.0. The summed E-state index contributed by atoms with van der Waals surface area (Å²) in [5.41, 5.74) is 0.872. The standard InChI is InChI=1S/C28H17BrN2O5/c29-21-10-13-25(36-28(35)24-7-3-5-17-4-1-2-6-23(17)24)19(15-21)14-20(16-30)26(32)31-22-11-8-18(9-12-22)27(33)34/h1-15H,(H,31,32)(H,33,34)/b20-14+. The molecule has 0 saturated carbocycles. The Morgan fingerprint density at radius 2 is 1.67 bits per heavy atom. The first kappa shape index (κ1) is 24.4. The van der Waals surface area contributed by atoms with Crippen LogP contribution in [0.15, 0.2) is 95.0 Å². The highest BCUT2D eigenvalue weighted by atomic mass is 79.9. The van der Waals surface area contributed by atoms with E-state index in [1.165, 1.54) is 30.3 Å². The Morgan fingerprint density at radius 3 is 2.39 bits per heavy atom. The van der Waals surface area contributed by atoms with Crippen LogP contribution in [0.5, 0.6) is 5.75 Å². The van der Waals surface area contributed by atoms with Crippen molar-refractivity contribution in [1.29, 1.82) is 5.26 Å². The molecule has 0 bridgehead atoms. The van der Waals surface area contributed by atoms with Crippen LogP contribution in [-0.4, -0.2) is 23.0 Å². The number of anilines is 1. The van der Waals surface area contributed by atoms with Crippen molar-refractivity contribution in [2.45, 2.75) is 0 Å². The molecule has 0 aromatic heterocycles. The van der Waals surface area contributed by atoms with Crippen molar-refractivity contribution in [2.24, 2.45) is 0 Å². The maximum atomic E-state index is 13.0. The predicted octanol–water partition coefficient (Wildman–Crippen LogP) is 6.07. The van der Waals surface area contributed by atoms with E-state index in [9.17, 15) is 19.6 Å². The first-order valence-electron chi connectivity index (χ1n) is 10.6. The summed E-state index contributed by atoms with van der Waals surface area (Å²) in [6, 6.07) is 25.0. The lowest BCUT2D eigenvalue weighted by molar-refractivity contribution is -0.112. The summed E-state index contributed by atoms with van der Waals surface area (Å²) in [7, 11) is 0. The van der Waals surface area contributed by atoms with E-state index in [4.69, 9.17) is 9.84 Å². The lowest BCUT2D eigenvalue weighted by atomic mass is 10.0. The van der Waals surface area contributed by atoms with Crippen molar-refractivity contribution in [3.8, 4) is 11.8 Å². The number of nitriles is 1. The second kappa shape index (κ2) is 10.7. The van der Waals surface area contributed by atoms with Gasteiger partial charge in [0.25, 0.3) is 5.91 Å². The van der Waals surface area contributed by atoms with E-state index in [0.29, 0.717) is 21.3 Å². The van der Waals surface area contributed by atoms with Gasteiger partial charge in [-0.3, -0.25) is 4.79 Å². The number of benzene rings is 4. The number of esters is 1. The summed E-state index contributed by atoms with van der Waals surface area (Å²) in [5, 5.41) is 22.8. The van der Waals surface area contributed by atoms with Gasteiger partial charge in [0.2, 0.25) is 0 Å². The van der Waals surface area contributed by atoms with Gasteiger partial charge in [0.05, 0.1) is 11.1 Å². The molecule has 0 radical (unpaired) electrons. The number of carboxylic acid groups (broad SMARTS) is 1. The van der Waals surface area contributed by atoms with E-state index in [1.807, 2.05) is 36.4 Å². The maximum Gasteiger partial charge on any atom is 0.344 e. The number of ether oxygens (including phenoxy) is 1. The molecule has 4 aromatic rings. The molecule has 4 rings (SSSR count). The van der Waals surface area contributed by atoms with Crippen LogP contribution in [0.25, 0.3) is 16.8 Å². The summed E-state index contributed by atoms with van der Waals surface area (Å²) in [5.74, 6) is -2.20. The van der Waals surface area contributed by atoms with Gasteiger partial charge in [-0.15, -0.1) is 0 Å². The Balaban J connectivity index is 1.61. The molecule has 0 spiro atoms. The number of amides is 1. The van der Waals surface area contributed by atoms with Crippen LogP contribution in [0.4, 0.5) is 5.69 Å². The molecule has 7 nitrogen and oxygen atoms in total. The molecule has 0 saturated heterocycles. The Bertz CT molecular complexity index is 1560. The number of nitrogens with zero attached hydrogens (tertiary/aromatic N) is 1. The average molecular weight is 541 g/mol. The van der Waals surface area contributed by atoms with Crippen molar-refractivity contribution >= 4 is 56.3 Å². The van der Waals surface area contributed by atoms with Gasteiger partial charge in [-0.25, -0.2) is 9.59 Å². The molecule has 0 unspecified atom stereocenters. The first-order chi connectivity index (χ1) is 17.4. The van der Waals surface area contributed by atoms with Gasteiger partial charge in [-0.05, 0) is 65.4 Å². The Hall–Kier alpha value is -4.74. The number of carbonyl (C=O) groups excluding carboxylic acids is 2. The van der Waals surface area contributed by atoms with Crippen molar-refractivity contribution < 1.29 is 24.2 Å². The van der Waals surface area contributed by atoms with E-state index in [0.717, 1.165) is 10.8 Å². The van der Waals surface area contributed by atoms with Crippen LogP contribution in [0.3, 0.4) is 0 Å². The van der Waals surface area contributed by atoms with Crippen LogP contribution in [0.2, 0.25) is 0 Å². The van der Waals surface area contributed by atoms with Crippen LogP contribution >= 0.6 is 15.9 Å². The first-order valence-corrected chi connectivity index (χ1v) is 11.4. The zero-order valence-corrected chi connectivity index (χ0v) is 20.2. The minimum atomic E-state index is -1.09. The molecular formula is C28H17BrN2O5. The molecule has 0 aliphatic heterocycles. The van der Waals surface area contributed by atoms with Crippen molar-refractivity contribution in [3.63, 3.8) is 0 Å². The normalized spacial score (nSPS) is 10.9. The number of hydrogen-bond donors (Lipinski definition) is 2. The van der Waals surface area contributed by atoms with Crippen LogP contribution in [0, 0.1) is 11.3 Å². The van der Waals surface area contributed by atoms with Gasteiger partial charge >= 0.3 is 11.9 Å². The molecule has 0 aliphatic carbocycles. The third-order valence-corrected chi connectivity index (χ3v) is 5.73. The lowest BCUT2D eigenvalue weighted by Crippen LogP contribution is -2.14. The molecule has 0 fully saturated rings. The smallest absolute Gasteiger partial charge is 0.344 e. The Labute approximate surface area is 214 Å². The van der Waals surface area contributed by atoms with Gasteiger partial charge < -0.3 is 15.2 Å². The largest absolute Gasteiger partial charge is 0.478 e. The molecular weight excluding hydrogens is 524 g/mol. The van der Waals surface area contributed by atoms with Crippen LogP contribution in [0.1, 0.15) is 26.3 Å². The lowest BCUT2D eigenvalue weighted by Gasteiger charge is -2.11. The average Bonchev–Trinajstić information content (AvgIpc) is 2.88. The molecule has 176 valence electrons. The molecule has 0 atom stereocenters. The second-order valence-corrected chi connectivity index (χ2v) is 8.52. The third-order valence-electron chi connectivity index (χ3n) is 5.24. The van der Waals surface area contributed by atoms with Crippen molar-refractivity contribution in [3.05, 3.63) is 112 Å². The highest BCUT2D eigenvalue weighted by Gasteiger charge is 2.16. The second-order valence-electron chi connectivity index (χ2n) is 7.60. The predicted molar refractivity (Wildman–Crippen MR) is 139 cm³/mol. The number of carboxylic acids is 1. The molecule has 0 aliphatic rings. The van der Waals surface area contributed by atoms with E-state index in [2.05, 4.69) is 21.2 Å². The highest BCUT2D eigenvalue weighted by molar-refractivity contribution is 9.10. The van der Waals surface area contributed by atoms with Gasteiger partial charge in [0.15, 0.2) is 0 Å². The minimum absolute atomic E-state index is 0.0656. The van der Waals surface area contributed by atoms with E-state index < -0.39 is 17.8 Å². The topological polar surface area (TPSA) is 116 Å². The molecule has 4 aromatic carbocycles. The van der Waals surface area contributed by atoms with Gasteiger partial charge in [-0.2, -0.15) is 5.26 Å². The summed E-state index contributed by atoms with van der Waals surface area (Å²) in [6.07, 6.45) is 1.32. The number of nitrogens with one attached hydrogen (secondary N) is 1. The Kier molecular flexibility index (Phi) is 7.23. The van der Waals surface area contributed by atoms with Crippen molar-refractivity contribution in [2.75, 3.05) is 5.32 Å². The number of rotatable bonds is 6. The zero-order chi connectivity index (χ0) is 25.7. The number of carbonyl (C=O) groups is 3. The fraction of sp³-hybridized carbons (Fsp3) is 0. The summed E-state index contributed by atoms with van der Waals surface area (Å²) < 4.78 is 6.33. The summed E-state index contributed by atoms with van der Waals surface area (Å²) >= 11 is 3.36. The molecule has 36 heavy (non-hydrogen) atoms. The highest BCUT2D eigenvalue weighted by Crippen LogP contribution is 2.28. The van der Waals surface area contributed by atoms with Crippen LogP contribution in [-0.2, 0) is 4.79 Å². The van der Waals surface area contributed by atoms with E-state index >= 15 is 0 Å². The number of fused-ring (bicyclic) bond motifs is 1. The molecule has 0 heterocycles. The fourth-order valence-corrected chi connectivity index (χ4v) is 3.86. The SMILES string of the molecule is N#C/C(=C\c1cc(Br)ccc1OC(=O)c1cccc2ccccc12)C(=O)Nc1ccc(C(=O)O)cc1. The van der Waals surface area contributed by atoms with Gasteiger partial charge in [0.1, 0.15) is 17.4 Å². The van der Waals surface area contributed by atoms with E-state index in [-0.39, 0.29) is 16.9 Å². The fourth-order valence-electron chi connectivity index (χ4n) is 3.48. The molecule has 2 N–H and O–H groups in total. The van der Waals surface area contributed by atoms with Gasteiger partial charge in [-0.1, -0.05) is 52.3 Å². The summed E-state index contributed by atoms with van der Waals surface area (Å²) in [4.78, 5) is 36.7. The monoisotopic (exact) mass is 540 g/mol. The Morgan fingerprint density at radius 1 is 0.944 bits per heavy atom. The number of hydrogen-bond acceptors (Lipinski definition) is 5. The zero-order valence-electron chi connectivity index (χ0n) is 18.6. The van der Waals surface area contributed by atoms with E-state index in [1.54, 1.807) is 30.3 Å². The third kappa shape index (κ3) is 5.49. The molecule has 1 amide bonds. The summed E-state index contributed by atoms with van der Waals surface area (Å²) in [6.45, 7) is 0. The number of aromatic carboxylic acids is 1.